The average Bonchev–Trinajstić information content (AvgIpc) is 1.58. The minimum absolute atomic E-state index is 0.00227. The van der Waals surface area contributed by atoms with Crippen LogP contribution in [0.2, 0.25) is 0 Å². The van der Waals surface area contributed by atoms with E-state index in [9.17, 15) is 133 Å². The minimum Gasteiger partial charge on any atom is -0.352 e. The van der Waals surface area contributed by atoms with Crippen LogP contribution in [-0.2, 0) is 96.9 Å². The van der Waals surface area contributed by atoms with Crippen LogP contribution in [0.15, 0.2) is 158 Å². The number of nitrogens with zero attached hydrogens (tertiary/aromatic N) is 4. The summed E-state index contributed by atoms with van der Waals surface area (Å²) in [6.07, 6.45) is -48.4. The quantitative estimate of drug-likeness (QED) is 0.0876. The summed E-state index contributed by atoms with van der Waals surface area (Å²) in [4.78, 5) is 55.4. The number of halogens is 26. The Morgan fingerprint density at radius 2 is 0.493 bits per heavy atom. The lowest BCUT2D eigenvalue weighted by Gasteiger charge is -2.41. The van der Waals surface area contributed by atoms with Crippen molar-refractivity contribution in [2.45, 2.75) is 192 Å². The fourth-order valence-electron chi connectivity index (χ4n) is 21.1. The molecule has 0 radical (unpaired) electrons. The Morgan fingerprint density at radius 1 is 0.291 bits per heavy atom. The number of likely N-dealkylation sites (tertiary alicyclic amines) is 4. The van der Waals surface area contributed by atoms with Crippen LogP contribution in [0.3, 0.4) is 0 Å². The van der Waals surface area contributed by atoms with E-state index in [1.165, 1.54) is 79.9 Å². The summed E-state index contributed by atoms with van der Waals surface area (Å²) < 4.78 is 397. The number of benzene rings is 8. The van der Waals surface area contributed by atoms with E-state index in [1.54, 1.807) is 45.6 Å². The number of nitrogens with one attached hydrogen (secondary N) is 2. The van der Waals surface area contributed by atoms with Gasteiger partial charge in [0.2, 0.25) is 11.8 Å². The van der Waals surface area contributed by atoms with Gasteiger partial charge in [-0.2, -0.15) is 105 Å². The SMILES string of the molecule is CC(=O)N1C[C@H]2CO[C@H](O[C@H](C)c3cc(C(F)(F)F)cc(C(F)(F)F)c3)[C@@H](c3ccc(F)cc3C)[C@@H]2C1.CC(=O)N1C[C@H]2CO[C@H](O[C@H](C)c3cc(C(F)(F)F)cc(C(F)(F)F)c3)[C@@H](c3ccccc3C)[C@@H]2C1.CNC(=O)N1C[C@H]2CO[C@H](O[C@H](C)c3cc(C(F)(F)F)cc(C(F)(F)F)c3)[C@@H](c3ccc(F)cc3C)[C@@H]2C1.CNC(=O)N1C[C@H]2CO[C@H](O[C@H](C)c3cc(C(F)(F)F)cc(C(F)(F)F)c3)[C@@H](c3ccccc3C)[C@@H]2C1. The Morgan fingerprint density at radius 3 is 0.689 bits per heavy atom. The Hall–Kier alpha value is -10.9. The van der Waals surface area contributed by atoms with Gasteiger partial charge < -0.3 is 68.1 Å². The van der Waals surface area contributed by atoms with Gasteiger partial charge in [0.1, 0.15) is 11.6 Å². The van der Waals surface area contributed by atoms with Crippen LogP contribution in [0.5, 0.6) is 0 Å². The van der Waals surface area contributed by atoms with Crippen molar-refractivity contribution in [3.63, 3.8) is 0 Å². The van der Waals surface area contributed by atoms with Crippen molar-refractivity contribution >= 4 is 23.9 Å². The van der Waals surface area contributed by atoms with Gasteiger partial charge in [-0.05, 0) is 243 Å². The van der Waals surface area contributed by atoms with Crippen LogP contribution in [-0.4, -0.2) is 162 Å². The Balaban J connectivity index is 0.000000165. The molecule has 8 aliphatic rings. The lowest BCUT2D eigenvalue weighted by Crippen LogP contribution is -2.42. The summed E-state index contributed by atoms with van der Waals surface area (Å²) in [5.41, 5.74) is -6.23. The molecule has 20 atom stereocenters. The smallest absolute Gasteiger partial charge is 0.352 e. The molecule has 808 valence electrons. The normalized spacial score (nSPS) is 25.1. The summed E-state index contributed by atoms with van der Waals surface area (Å²) in [7, 11) is 3.04. The number of ether oxygens (including phenoxy) is 8. The van der Waals surface area contributed by atoms with Crippen LogP contribution >= 0.6 is 0 Å². The molecule has 8 aromatic carbocycles. The molecular formula is C104H108F26N6O12. The molecule has 0 spiro atoms. The van der Waals surface area contributed by atoms with Gasteiger partial charge in [0.15, 0.2) is 25.2 Å². The molecule has 8 aliphatic heterocycles. The van der Waals surface area contributed by atoms with Crippen molar-refractivity contribution < 1.29 is 171 Å². The zero-order chi connectivity index (χ0) is 109. The van der Waals surface area contributed by atoms with Crippen LogP contribution in [0.25, 0.3) is 0 Å². The first-order valence-corrected chi connectivity index (χ1v) is 47.2. The number of hydrogen-bond donors (Lipinski definition) is 2. The molecule has 16 rings (SSSR count). The van der Waals surface area contributed by atoms with Gasteiger partial charge in [0.05, 0.1) is 95.4 Å². The van der Waals surface area contributed by atoms with Crippen molar-refractivity contribution in [2.75, 3.05) is 92.9 Å². The van der Waals surface area contributed by atoms with E-state index in [1.807, 2.05) is 62.4 Å². The molecule has 8 saturated heterocycles. The van der Waals surface area contributed by atoms with E-state index in [2.05, 4.69) is 10.6 Å². The highest BCUT2D eigenvalue weighted by Crippen LogP contribution is 2.54. The summed E-state index contributed by atoms with van der Waals surface area (Å²) in [5, 5.41) is 5.18. The predicted octanol–water partition coefficient (Wildman–Crippen LogP) is 25.2. The minimum atomic E-state index is -4.99. The standard InChI is InChI=1S/C26H27F7N2O3.C26H26F7NO3.C26H28F6N2O3.C26H27F6NO3/c1-13-6-19(27)4-5-20(13)22-21-11-35(24(36)34-3)10-16(21)12-37-23(22)38-14(2)15-7-17(25(28,29)30)9-18(8-15)26(31,32)33;1-13-6-20(27)4-5-21(13)23-22-11-34(15(3)35)10-17(22)12-36-24(23)37-14(2)16-7-18(25(28,29)30)9-19(8-16)26(31,32)33;1-14-6-4-5-7-20(14)22-21-12-34(24(35)33-3)11-17(21)13-36-23(22)37-15(2)16-8-18(25(27,28)29)10-19(9-16)26(30,31)32;1-14-6-4-5-7-21(14)23-22-12-33(16(3)34)11-18(22)13-35-24(23)36-15(2)17-8-19(25(27,28)29)10-20(9-17)26(30,31)32/h4-9,14,16,21-23H,10-12H2,1-3H3,(H,34,36);4-9,14,17,22-24H,10-12H2,1-3H3;4-10,15,17,21-23H,11-13H2,1-3H3,(H,33,35);4-10,15,18,22-24H,11-13H2,1-3H3/t14-,16+,21-,22+,23-;14-,17+,22-,23+,24-;15-,17+,21-,22+,23-;15-,18+,22-,23+,24-/m1111/s1. The van der Waals surface area contributed by atoms with E-state index in [4.69, 9.17) is 37.9 Å². The third-order valence-electron chi connectivity index (χ3n) is 28.7. The first-order valence-electron chi connectivity index (χ1n) is 47.2. The maximum atomic E-state index is 13.9. The third-order valence-corrected chi connectivity index (χ3v) is 28.7. The number of alkyl halides is 24. The molecule has 8 aromatic rings. The molecule has 0 saturated carbocycles. The van der Waals surface area contributed by atoms with Crippen LogP contribution in [0, 0.1) is 86.7 Å². The summed E-state index contributed by atoms with van der Waals surface area (Å²) in [5.74, 6) is -3.52. The molecule has 0 bridgehead atoms. The Labute approximate surface area is 834 Å². The second-order valence-electron chi connectivity index (χ2n) is 38.6. The maximum Gasteiger partial charge on any atom is 0.416 e. The van der Waals surface area contributed by atoms with Gasteiger partial charge in [-0.15, -0.1) is 0 Å². The summed E-state index contributed by atoms with van der Waals surface area (Å²) in [6, 6.07) is 28.5. The predicted molar refractivity (Wildman–Crippen MR) is 483 cm³/mol. The van der Waals surface area contributed by atoms with Gasteiger partial charge in [-0.3, -0.25) is 9.59 Å². The van der Waals surface area contributed by atoms with Crippen LogP contribution in [0.1, 0.15) is 201 Å². The highest BCUT2D eigenvalue weighted by Gasteiger charge is 2.55. The van der Waals surface area contributed by atoms with E-state index < -0.39 is 167 Å². The number of aryl methyl sites for hydroxylation is 4. The summed E-state index contributed by atoms with van der Waals surface area (Å²) >= 11 is 0. The zero-order valence-electron chi connectivity index (χ0n) is 81.6. The molecule has 0 aromatic heterocycles. The largest absolute Gasteiger partial charge is 0.416 e. The summed E-state index contributed by atoms with van der Waals surface area (Å²) in [6.45, 7) is 20.0. The molecule has 8 heterocycles. The monoisotopic (exact) mass is 2130 g/mol. The number of hydrogen-bond acceptors (Lipinski definition) is 12. The van der Waals surface area contributed by atoms with Crippen molar-refractivity contribution in [1.82, 2.24) is 30.2 Å². The van der Waals surface area contributed by atoms with Crippen LogP contribution < -0.4 is 10.6 Å². The van der Waals surface area contributed by atoms with Gasteiger partial charge in [0, 0.05) is 128 Å². The lowest BCUT2D eigenvalue weighted by molar-refractivity contribution is -0.217. The van der Waals surface area contributed by atoms with Crippen molar-refractivity contribution in [3.8, 4) is 0 Å². The zero-order valence-corrected chi connectivity index (χ0v) is 81.6. The number of amides is 6. The molecule has 0 unspecified atom stereocenters. The molecule has 18 nitrogen and oxygen atoms in total. The number of fused-ring (bicyclic) bond motifs is 4. The van der Waals surface area contributed by atoms with Crippen molar-refractivity contribution in [2.24, 2.45) is 47.3 Å². The van der Waals surface area contributed by atoms with Gasteiger partial charge >= 0.3 is 61.5 Å². The second-order valence-corrected chi connectivity index (χ2v) is 38.6. The molecule has 148 heavy (non-hydrogen) atoms. The number of carbonyl (C=O) groups excluding carboxylic acids is 4. The Bertz CT molecular complexity index is 5900. The van der Waals surface area contributed by atoms with E-state index >= 15 is 0 Å². The molecule has 0 aliphatic carbocycles. The second kappa shape index (κ2) is 44.9. The first-order chi connectivity index (χ1) is 68.9. The molecular weight excluding hydrogens is 2020 g/mol. The fourth-order valence-corrected chi connectivity index (χ4v) is 21.1. The molecule has 6 amide bonds. The van der Waals surface area contributed by atoms with E-state index in [0.717, 1.165) is 22.3 Å². The first kappa shape index (κ1) is 114. The van der Waals surface area contributed by atoms with Crippen LogP contribution in [0.4, 0.5) is 124 Å². The lowest BCUT2D eigenvalue weighted by atomic mass is 9.76. The molecule has 2 N–H and O–H groups in total. The molecule has 44 heteroatoms. The maximum absolute atomic E-state index is 13.9. The number of rotatable bonds is 16. The Kier molecular flexibility index (Phi) is 34.7. The highest BCUT2D eigenvalue weighted by molar-refractivity contribution is 5.75. The third kappa shape index (κ3) is 26.8. The van der Waals surface area contributed by atoms with Gasteiger partial charge in [-0.1, -0.05) is 60.7 Å². The number of urea groups is 2. The van der Waals surface area contributed by atoms with Gasteiger partial charge in [-0.25, -0.2) is 18.4 Å². The number of carbonyl (C=O) groups is 4. The topological polar surface area (TPSA) is 179 Å². The highest BCUT2D eigenvalue weighted by atomic mass is 19.4. The van der Waals surface area contributed by atoms with Crippen molar-refractivity contribution in [1.29, 1.82) is 0 Å². The van der Waals surface area contributed by atoms with Crippen molar-refractivity contribution in [3.05, 3.63) is 281 Å². The average molecular weight is 2130 g/mol. The van der Waals surface area contributed by atoms with Gasteiger partial charge in [0.25, 0.3) is 0 Å². The van der Waals surface area contributed by atoms with E-state index in [0.29, 0.717) is 123 Å². The fraction of sp³-hybridized carbons (Fsp3) is 0.500. The van der Waals surface area contributed by atoms with E-state index in [-0.39, 0.29) is 156 Å². The molecule has 8 fully saturated rings.